The van der Waals surface area contributed by atoms with Crippen molar-refractivity contribution in [2.24, 2.45) is 0 Å². The van der Waals surface area contributed by atoms with Crippen molar-refractivity contribution in [3.63, 3.8) is 0 Å². The van der Waals surface area contributed by atoms with Crippen LogP contribution < -0.4 is 4.90 Å². The lowest BCUT2D eigenvalue weighted by molar-refractivity contribution is 0.0450. The standard InChI is InChI=1S/C16H26N4O2/c1-21-12-14-9-16(18-13-17-14)20-7-4-8-22-15(11-20)10-19-5-2-3-6-19/h9,13,15H,2-8,10-12H2,1H3. The molecule has 0 aromatic carbocycles. The van der Waals surface area contributed by atoms with Crippen LogP contribution in [-0.2, 0) is 16.1 Å². The van der Waals surface area contributed by atoms with Crippen molar-refractivity contribution in [2.75, 3.05) is 51.3 Å². The number of likely N-dealkylation sites (tertiary alicyclic amines) is 1. The molecule has 122 valence electrons. The minimum Gasteiger partial charge on any atom is -0.378 e. The van der Waals surface area contributed by atoms with Crippen LogP contribution >= 0.6 is 0 Å². The molecule has 0 spiro atoms. The van der Waals surface area contributed by atoms with Gasteiger partial charge in [-0.3, -0.25) is 0 Å². The molecule has 0 N–H and O–H groups in total. The van der Waals surface area contributed by atoms with Gasteiger partial charge >= 0.3 is 0 Å². The molecule has 2 fully saturated rings. The summed E-state index contributed by atoms with van der Waals surface area (Å²) < 4.78 is 11.2. The summed E-state index contributed by atoms with van der Waals surface area (Å²) in [6.45, 7) is 6.71. The number of nitrogens with zero attached hydrogens (tertiary/aromatic N) is 4. The van der Waals surface area contributed by atoms with Crippen LogP contribution in [0.25, 0.3) is 0 Å². The number of methoxy groups -OCH3 is 1. The van der Waals surface area contributed by atoms with E-state index in [-0.39, 0.29) is 6.10 Å². The van der Waals surface area contributed by atoms with Crippen molar-refractivity contribution >= 4 is 5.82 Å². The Balaban J connectivity index is 1.65. The van der Waals surface area contributed by atoms with Crippen LogP contribution in [0.2, 0.25) is 0 Å². The van der Waals surface area contributed by atoms with E-state index in [2.05, 4.69) is 19.8 Å². The second kappa shape index (κ2) is 7.85. The van der Waals surface area contributed by atoms with E-state index in [1.807, 2.05) is 6.07 Å². The highest BCUT2D eigenvalue weighted by Gasteiger charge is 2.23. The van der Waals surface area contributed by atoms with Gasteiger partial charge in [0.2, 0.25) is 0 Å². The van der Waals surface area contributed by atoms with Crippen LogP contribution in [0, 0.1) is 0 Å². The van der Waals surface area contributed by atoms with Crippen LogP contribution in [0.4, 0.5) is 5.82 Å². The minimum absolute atomic E-state index is 0.265. The largest absolute Gasteiger partial charge is 0.378 e. The lowest BCUT2D eigenvalue weighted by atomic mass is 10.3. The van der Waals surface area contributed by atoms with E-state index in [9.17, 15) is 0 Å². The molecule has 1 aromatic heterocycles. The Kier molecular flexibility index (Phi) is 5.58. The molecule has 6 heteroatoms. The zero-order chi connectivity index (χ0) is 15.2. The molecule has 1 aromatic rings. The third-order valence-electron chi connectivity index (χ3n) is 4.34. The van der Waals surface area contributed by atoms with Crippen LogP contribution in [-0.4, -0.2) is 67.4 Å². The Labute approximate surface area is 132 Å². The molecular formula is C16H26N4O2. The lowest BCUT2D eigenvalue weighted by Gasteiger charge is -2.27. The zero-order valence-corrected chi connectivity index (χ0v) is 13.4. The monoisotopic (exact) mass is 306 g/mol. The fourth-order valence-electron chi connectivity index (χ4n) is 3.25. The van der Waals surface area contributed by atoms with Gasteiger partial charge in [-0.1, -0.05) is 0 Å². The minimum atomic E-state index is 0.265. The van der Waals surface area contributed by atoms with Crippen LogP contribution in [0.5, 0.6) is 0 Å². The van der Waals surface area contributed by atoms with Gasteiger partial charge in [-0.15, -0.1) is 0 Å². The first-order valence-electron chi connectivity index (χ1n) is 8.24. The first kappa shape index (κ1) is 15.6. The van der Waals surface area contributed by atoms with Gasteiger partial charge in [0.05, 0.1) is 18.4 Å². The highest BCUT2D eigenvalue weighted by Crippen LogP contribution is 2.18. The quantitative estimate of drug-likeness (QED) is 0.818. The van der Waals surface area contributed by atoms with Crippen molar-refractivity contribution < 1.29 is 9.47 Å². The predicted octanol–water partition coefficient (Wildman–Crippen LogP) is 1.31. The molecule has 0 saturated carbocycles. The Bertz CT molecular complexity index is 465. The summed E-state index contributed by atoms with van der Waals surface area (Å²) in [6.07, 6.45) is 5.58. The predicted molar refractivity (Wildman–Crippen MR) is 85.0 cm³/mol. The average molecular weight is 306 g/mol. The van der Waals surface area contributed by atoms with Gasteiger partial charge in [0.15, 0.2) is 0 Å². The maximum Gasteiger partial charge on any atom is 0.132 e. The smallest absolute Gasteiger partial charge is 0.132 e. The van der Waals surface area contributed by atoms with E-state index >= 15 is 0 Å². The van der Waals surface area contributed by atoms with Crippen LogP contribution in [0.15, 0.2) is 12.4 Å². The summed E-state index contributed by atoms with van der Waals surface area (Å²) in [6, 6.07) is 2.03. The molecule has 0 bridgehead atoms. The van der Waals surface area contributed by atoms with E-state index in [0.717, 1.165) is 44.2 Å². The van der Waals surface area contributed by atoms with Gasteiger partial charge in [-0.25, -0.2) is 9.97 Å². The second-order valence-corrected chi connectivity index (χ2v) is 6.10. The second-order valence-electron chi connectivity index (χ2n) is 6.10. The Morgan fingerprint density at radius 2 is 2.09 bits per heavy atom. The summed E-state index contributed by atoms with van der Waals surface area (Å²) in [7, 11) is 1.69. The number of aromatic nitrogens is 2. The molecule has 2 aliphatic rings. The van der Waals surface area contributed by atoms with E-state index in [1.165, 1.54) is 25.9 Å². The molecule has 6 nitrogen and oxygen atoms in total. The first-order chi connectivity index (χ1) is 10.8. The fourth-order valence-corrected chi connectivity index (χ4v) is 3.25. The molecular weight excluding hydrogens is 280 g/mol. The first-order valence-corrected chi connectivity index (χ1v) is 8.24. The molecule has 0 aliphatic carbocycles. The zero-order valence-electron chi connectivity index (χ0n) is 13.4. The maximum atomic E-state index is 6.04. The normalized spacial score (nSPS) is 23.7. The Morgan fingerprint density at radius 1 is 1.23 bits per heavy atom. The lowest BCUT2D eigenvalue weighted by Crippen LogP contribution is -2.39. The summed E-state index contributed by atoms with van der Waals surface area (Å²) >= 11 is 0. The van der Waals surface area contributed by atoms with Crippen molar-refractivity contribution in [1.82, 2.24) is 14.9 Å². The van der Waals surface area contributed by atoms with E-state index < -0.39 is 0 Å². The number of hydrogen-bond donors (Lipinski definition) is 0. The molecule has 3 rings (SSSR count). The topological polar surface area (TPSA) is 50.7 Å². The number of hydrogen-bond acceptors (Lipinski definition) is 6. The molecule has 3 heterocycles. The summed E-state index contributed by atoms with van der Waals surface area (Å²) in [5.74, 6) is 0.985. The number of rotatable bonds is 5. The molecule has 2 saturated heterocycles. The fraction of sp³-hybridized carbons (Fsp3) is 0.750. The third-order valence-corrected chi connectivity index (χ3v) is 4.34. The molecule has 22 heavy (non-hydrogen) atoms. The molecule has 1 unspecified atom stereocenters. The van der Waals surface area contributed by atoms with Crippen LogP contribution in [0.3, 0.4) is 0 Å². The molecule has 0 radical (unpaired) electrons. The molecule has 0 amide bonds. The highest BCUT2D eigenvalue weighted by molar-refractivity contribution is 5.39. The third kappa shape index (κ3) is 4.15. The van der Waals surface area contributed by atoms with Crippen LogP contribution in [0.1, 0.15) is 25.0 Å². The Hall–Kier alpha value is -1.24. The SMILES string of the molecule is COCc1cc(N2CCCOC(CN3CCCC3)C2)ncn1. The van der Waals surface area contributed by atoms with Gasteiger partial charge in [-0.05, 0) is 32.4 Å². The van der Waals surface area contributed by atoms with Gasteiger partial charge in [0.25, 0.3) is 0 Å². The van der Waals surface area contributed by atoms with Crippen molar-refractivity contribution in [3.8, 4) is 0 Å². The summed E-state index contributed by atoms with van der Waals surface area (Å²) in [5, 5.41) is 0. The summed E-state index contributed by atoms with van der Waals surface area (Å²) in [4.78, 5) is 13.5. The van der Waals surface area contributed by atoms with Gasteiger partial charge in [-0.2, -0.15) is 0 Å². The van der Waals surface area contributed by atoms with E-state index in [1.54, 1.807) is 13.4 Å². The maximum absolute atomic E-state index is 6.04. The van der Waals surface area contributed by atoms with Gasteiger partial charge in [0.1, 0.15) is 12.1 Å². The number of anilines is 1. The van der Waals surface area contributed by atoms with Crippen molar-refractivity contribution in [1.29, 1.82) is 0 Å². The average Bonchev–Trinajstić information content (AvgIpc) is 2.92. The van der Waals surface area contributed by atoms with E-state index in [4.69, 9.17) is 9.47 Å². The number of ether oxygens (including phenoxy) is 2. The van der Waals surface area contributed by atoms with Gasteiger partial charge < -0.3 is 19.3 Å². The highest BCUT2D eigenvalue weighted by atomic mass is 16.5. The van der Waals surface area contributed by atoms with Crippen molar-refractivity contribution in [3.05, 3.63) is 18.1 Å². The molecule has 2 aliphatic heterocycles. The van der Waals surface area contributed by atoms with Crippen molar-refractivity contribution in [2.45, 2.75) is 32.0 Å². The Morgan fingerprint density at radius 3 is 2.91 bits per heavy atom. The molecule has 1 atom stereocenters. The van der Waals surface area contributed by atoms with Gasteiger partial charge in [0, 0.05) is 39.4 Å². The summed E-state index contributed by atoms with van der Waals surface area (Å²) in [5.41, 5.74) is 0.925. The van der Waals surface area contributed by atoms with E-state index in [0.29, 0.717) is 6.61 Å².